The predicted molar refractivity (Wildman–Crippen MR) is 200 cm³/mol. The summed E-state index contributed by atoms with van der Waals surface area (Å²) < 4.78 is 5.74. The molecule has 0 bridgehead atoms. The number of nitrogens with zero attached hydrogens (tertiary/aromatic N) is 3. The van der Waals surface area contributed by atoms with Crippen LogP contribution in [-0.2, 0) is 11.2 Å². The first kappa shape index (κ1) is 42.8. The first-order chi connectivity index (χ1) is 22.3. The molecular weight excluding hydrogens is 589 g/mol. The number of carbonyl (C=O) groups excluding carboxylic acids is 1. The van der Waals surface area contributed by atoms with Gasteiger partial charge in [-0.05, 0) is 81.0 Å². The molecule has 0 aliphatic heterocycles. The average molecular weight is 651 g/mol. The molecule has 46 heavy (non-hydrogen) atoms. The number of nitriles is 1. The van der Waals surface area contributed by atoms with Crippen molar-refractivity contribution in [3.63, 3.8) is 0 Å². The minimum Gasteiger partial charge on any atom is -0.490 e. The number of hydrogen-bond acceptors (Lipinski definition) is 6. The number of amides is 1. The van der Waals surface area contributed by atoms with Crippen molar-refractivity contribution >= 4 is 17.7 Å². The van der Waals surface area contributed by atoms with Gasteiger partial charge in [-0.15, -0.1) is 11.3 Å². The van der Waals surface area contributed by atoms with Crippen molar-refractivity contribution in [1.82, 2.24) is 15.2 Å². The third kappa shape index (κ3) is 14.5. The van der Waals surface area contributed by atoms with Crippen LogP contribution in [-0.4, -0.2) is 42.0 Å². The molecule has 3 aromatic rings. The number of fused-ring (bicyclic) bond motifs is 1. The highest BCUT2D eigenvalue weighted by molar-refractivity contribution is 7.18. The van der Waals surface area contributed by atoms with E-state index in [4.69, 9.17) is 4.74 Å². The Kier molecular flexibility index (Phi) is 24.1. The van der Waals surface area contributed by atoms with E-state index in [-0.39, 0.29) is 6.10 Å². The Morgan fingerprint density at radius 3 is 2.20 bits per heavy atom. The van der Waals surface area contributed by atoms with E-state index in [9.17, 15) is 10.1 Å². The Morgan fingerprint density at radius 2 is 1.67 bits per heavy atom. The summed E-state index contributed by atoms with van der Waals surface area (Å²) in [6.45, 7) is 25.5. The first-order valence-electron chi connectivity index (χ1n) is 17.5. The highest BCUT2D eigenvalue weighted by Crippen LogP contribution is 2.41. The summed E-state index contributed by atoms with van der Waals surface area (Å²) in [4.78, 5) is 17.9. The van der Waals surface area contributed by atoms with Crippen LogP contribution in [0.25, 0.3) is 21.0 Å². The minimum absolute atomic E-state index is 0.0330. The van der Waals surface area contributed by atoms with Crippen LogP contribution < -0.4 is 10.1 Å². The van der Waals surface area contributed by atoms with Gasteiger partial charge < -0.3 is 15.0 Å². The van der Waals surface area contributed by atoms with Crippen molar-refractivity contribution in [3.8, 4) is 32.8 Å². The van der Waals surface area contributed by atoms with Crippen LogP contribution in [0.4, 0.5) is 0 Å². The lowest BCUT2D eigenvalue weighted by Crippen LogP contribution is -2.23. The van der Waals surface area contributed by atoms with Crippen LogP contribution in [0.15, 0.2) is 42.6 Å². The van der Waals surface area contributed by atoms with Gasteiger partial charge in [0.25, 0.3) is 0 Å². The Hall–Kier alpha value is -3.21. The molecule has 0 saturated heterocycles. The van der Waals surface area contributed by atoms with Crippen LogP contribution in [0.5, 0.6) is 5.75 Å². The molecule has 0 saturated carbocycles. The normalized spacial score (nSPS) is 12.4. The smallest absolute Gasteiger partial charge is 0.209 e. The minimum atomic E-state index is 0.0330. The zero-order valence-corrected chi connectivity index (χ0v) is 31.5. The summed E-state index contributed by atoms with van der Waals surface area (Å²) >= 11 is 1.68. The second kappa shape index (κ2) is 25.9. The zero-order chi connectivity index (χ0) is 34.9. The molecule has 4 rings (SSSR count). The maximum absolute atomic E-state index is 10.2. The molecule has 1 unspecified atom stereocenters. The summed E-state index contributed by atoms with van der Waals surface area (Å²) in [6, 6.07) is 15.0. The fraction of sp³-hybridized carbons (Fsp3) is 0.564. The number of carbonyl (C=O) groups is 1. The lowest BCUT2D eigenvalue weighted by Gasteiger charge is -2.13. The standard InChI is InChI=1S/C24H25N3OS.C7H15NO.2C3H8.C2H6/c1-4-26-21-10-9-18-19(21)6-5-7-20(18)23-14-27-24(29-23)16-8-11-22(28-15(2)3)17(12-16)13-25;1-3-5-8(7-9)6-4-2;2*1-3-2;1-2/h5-8,11-12,14-15,21,26H,4,9-10H2,1-3H3;7H,3-6H2,1-2H3;2*3H2,1-2H3;1-2H3. The lowest BCUT2D eigenvalue weighted by atomic mass is 10.0. The van der Waals surface area contributed by atoms with E-state index in [1.807, 2.05) is 52.1 Å². The molecule has 1 atom stereocenters. The Labute approximate surface area is 285 Å². The fourth-order valence-corrected chi connectivity index (χ4v) is 5.74. The molecule has 7 heteroatoms. The Balaban J connectivity index is 0.000000996. The lowest BCUT2D eigenvalue weighted by molar-refractivity contribution is -0.118. The van der Waals surface area contributed by atoms with Gasteiger partial charge in [-0.1, -0.05) is 93.4 Å². The number of hydrogen-bond donors (Lipinski definition) is 1. The van der Waals surface area contributed by atoms with Gasteiger partial charge in [0, 0.05) is 30.9 Å². The molecular formula is C39H62N4O2S. The molecule has 256 valence electrons. The highest BCUT2D eigenvalue weighted by atomic mass is 32.1. The van der Waals surface area contributed by atoms with E-state index in [2.05, 4.69) is 83.0 Å². The van der Waals surface area contributed by atoms with Crippen molar-refractivity contribution in [3.05, 3.63) is 59.3 Å². The third-order valence-corrected chi connectivity index (χ3v) is 7.45. The Bertz CT molecular complexity index is 1260. The molecule has 6 nitrogen and oxygen atoms in total. The second-order valence-corrected chi connectivity index (χ2v) is 12.1. The maximum Gasteiger partial charge on any atom is 0.209 e. The van der Waals surface area contributed by atoms with E-state index in [0.29, 0.717) is 17.4 Å². The zero-order valence-electron chi connectivity index (χ0n) is 30.7. The van der Waals surface area contributed by atoms with Crippen molar-refractivity contribution in [2.75, 3.05) is 19.6 Å². The van der Waals surface area contributed by atoms with Gasteiger partial charge in [-0.25, -0.2) is 4.98 Å². The van der Waals surface area contributed by atoms with Crippen LogP contribution in [0, 0.1) is 11.3 Å². The number of thiazole rings is 1. The molecule has 0 fully saturated rings. The van der Waals surface area contributed by atoms with Crippen LogP contribution in [0.1, 0.15) is 131 Å². The van der Waals surface area contributed by atoms with Crippen LogP contribution in [0.3, 0.4) is 0 Å². The number of rotatable bonds is 11. The monoisotopic (exact) mass is 650 g/mol. The predicted octanol–water partition coefficient (Wildman–Crippen LogP) is 10.9. The molecule has 1 N–H and O–H groups in total. The summed E-state index contributed by atoms with van der Waals surface area (Å²) in [6.07, 6.45) is 9.77. The van der Waals surface area contributed by atoms with Crippen molar-refractivity contribution < 1.29 is 9.53 Å². The third-order valence-electron chi connectivity index (χ3n) is 6.37. The Morgan fingerprint density at radius 1 is 1.04 bits per heavy atom. The largest absolute Gasteiger partial charge is 0.490 e. The molecule has 1 aliphatic carbocycles. The van der Waals surface area contributed by atoms with Gasteiger partial charge in [-0.2, -0.15) is 5.26 Å². The van der Waals surface area contributed by atoms with Gasteiger partial charge in [0.15, 0.2) is 0 Å². The van der Waals surface area contributed by atoms with E-state index < -0.39 is 0 Å². The molecule has 1 aliphatic rings. The van der Waals surface area contributed by atoms with Crippen LogP contribution in [0.2, 0.25) is 0 Å². The van der Waals surface area contributed by atoms with E-state index >= 15 is 0 Å². The highest BCUT2D eigenvalue weighted by Gasteiger charge is 2.25. The molecule has 0 spiro atoms. The number of nitrogens with one attached hydrogen (secondary N) is 1. The summed E-state index contributed by atoms with van der Waals surface area (Å²) in [7, 11) is 0. The topological polar surface area (TPSA) is 78.2 Å². The quantitative estimate of drug-likeness (QED) is 0.209. The van der Waals surface area contributed by atoms with Crippen molar-refractivity contribution in [2.45, 2.75) is 127 Å². The average Bonchev–Trinajstić information content (AvgIpc) is 3.71. The summed E-state index contributed by atoms with van der Waals surface area (Å²) in [5, 5.41) is 14.0. The van der Waals surface area contributed by atoms with Crippen molar-refractivity contribution in [2.24, 2.45) is 0 Å². The first-order valence-corrected chi connectivity index (χ1v) is 18.3. The number of benzene rings is 2. The van der Waals surface area contributed by atoms with Crippen LogP contribution >= 0.6 is 11.3 Å². The van der Waals surface area contributed by atoms with Gasteiger partial charge in [-0.3, -0.25) is 4.79 Å². The van der Waals surface area contributed by atoms with Gasteiger partial charge in [0.1, 0.15) is 16.8 Å². The maximum atomic E-state index is 10.2. The molecule has 1 heterocycles. The fourth-order valence-electron chi connectivity index (χ4n) is 4.77. The van der Waals surface area contributed by atoms with Gasteiger partial charge >= 0.3 is 0 Å². The summed E-state index contributed by atoms with van der Waals surface area (Å²) in [5.41, 5.74) is 5.63. The molecule has 1 aromatic heterocycles. The van der Waals surface area contributed by atoms with E-state index in [1.165, 1.54) is 34.4 Å². The molecule has 0 radical (unpaired) electrons. The van der Waals surface area contributed by atoms with Gasteiger partial charge in [0.05, 0.1) is 16.5 Å². The van der Waals surface area contributed by atoms with Gasteiger partial charge in [0.2, 0.25) is 6.41 Å². The SMILES string of the molecule is CC.CCC.CCC.CCCN(C=O)CCC.CCNC1CCc2c(-c3cnc(-c4ccc(OC(C)C)c(C#N)c4)s3)cccc21. The summed E-state index contributed by atoms with van der Waals surface area (Å²) in [5.74, 6) is 0.623. The molecule has 1 amide bonds. The molecule has 2 aromatic carbocycles. The van der Waals surface area contributed by atoms with E-state index in [1.54, 1.807) is 16.2 Å². The van der Waals surface area contributed by atoms with Crippen molar-refractivity contribution in [1.29, 1.82) is 5.26 Å². The number of ether oxygens (including phenoxy) is 1. The second-order valence-electron chi connectivity index (χ2n) is 11.1. The van der Waals surface area contributed by atoms with E-state index in [0.717, 1.165) is 62.3 Å². The number of aromatic nitrogens is 1.